The summed E-state index contributed by atoms with van der Waals surface area (Å²) in [5.41, 5.74) is 0. The second-order valence-corrected chi connectivity index (χ2v) is 0.283. The zero-order valence-corrected chi connectivity index (χ0v) is 4.35. The van der Waals surface area contributed by atoms with Gasteiger partial charge < -0.3 is 10.2 Å². The molecule has 0 atom stereocenters. The average Bonchev–Trinajstić information content (AvgIpc) is 0.811. The SMILES string of the molecule is O=C(O)O.[Cu].[Ni]. The molecule has 0 saturated carbocycles. The fourth-order valence-corrected chi connectivity index (χ4v) is 0. The van der Waals surface area contributed by atoms with Crippen molar-refractivity contribution in [2.75, 3.05) is 0 Å². The fraction of sp³-hybridized carbons (Fsp3) is 0. The molecule has 5 heteroatoms. The first-order valence-electron chi connectivity index (χ1n) is 0.651. The van der Waals surface area contributed by atoms with E-state index in [0.29, 0.717) is 0 Å². The van der Waals surface area contributed by atoms with Crippen molar-refractivity contribution in [2.24, 2.45) is 0 Å². The molecule has 1 radical (unpaired) electrons. The summed E-state index contributed by atoms with van der Waals surface area (Å²) in [4.78, 5) is 8.56. The monoisotopic (exact) mass is 183 g/mol. The van der Waals surface area contributed by atoms with Gasteiger partial charge in [0.2, 0.25) is 0 Å². The first kappa shape index (κ1) is 16.3. The van der Waals surface area contributed by atoms with Gasteiger partial charge in [0, 0.05) is 33.6 Å². The number of hydrogen-bond donors (Lipinski definition) is 2. The minimum absolute atomic E-state index is 0. The van der Waals surface area contributed by atoms with Gasteiger partial charge in [-0.25, -0.2) is 4.79 Å². The van der Waals surface area contributed by atoms with Crippen molar-refractivity contribution in [3.05, 3.63) is 0 Å². The Labute approximate surface area is 55.1 Å². The van der Waals surface area contributed by atoms with Gasteiger partial charge in [0.25, 0.3) is 0 Å². The molecule has 6 heavy (non-hydrogen) atoms. The molecule has 45 valence electrons. The summed E-state index contributed by atoms with van der Waals surface area (Å²) in [6, 6.07) is 0. The number of hydrogen-bond acceptors (Lipinski definition) is 1. The summed E-state index contributed by atoms with van der Waals surface area (Å²) in [7, 11) is 0. The van der Waals surface area contributed by atoms with Crippen LogP contribution in [0.25, 0.3) is 0 Å². The molecular weight excluding hydrogens is 182 g/mol. The van der Waals surface area contributed by atoms with Crippen LogP contribution in [0.15, 0.2) is 0 Å². The molecule has 0 rings (SSSR count). The number of carbonyl (C=O) groups is 1. The molecule has 2 N–H and O–H groups in total. The van der Waals surface area contributed by atoms with Crippen LogP contribution in [-0.4, -0.2) is 16.4 Å². The van der Waals surface area contributed by atoms with Gasteiger partial charge in [-0.2, -0.15) is 0 Å². The zero-order valence-electron chi connectivity index (χ0n) is 2.42. The molecule has 0 aromatic rings. The predicted octanol–water partition coefficient (Wildman–Crippen LogP) is 0.217. The Bertz CT molecular complexity index is 33.8. The molecule has 0 fully saturated rings. The van der Waals surface area contributed by atoms with E-state index in [1.54, 1.807) is 0 Å². The van der Waals surface area contributed by atoms with Gasteiger partial charge in [0.05, 0.1) is 0 Å². The Morgan fingerprint density at radius 1 is 1.33 bits per heavy atom. The third-order valence-corrected chi connectivity index (χ3v) is 0. The second-order valence-electron chi connectivity index (χ2n) is 0.283. The van der Waals surface area contributed by atoms with Gasteiger partial charge in [0.1, 0.15) is 0 Å². The molecule has 0 amide bonds. The van der Waals surface area contributed by atoms with Crippen molar-refractivity contribution in [3.63, 3.8) is 0 Å². The van der Waals surface area contributed by atoms with E-state index in [9.17, 15) is 0 Å². The van der Waals surface area contributed by atoms with Crippen molar-refractivity contribution in [3.8, 4) is 0 Å². The van der Waals surface area contributed by atoms with Crippen LogP contribution in [0.4, 0.5) is 4.79 Å². The Kier molecular flexibility index (Phi) is 24.4. The summed E-state index contributed by atoms with van der Waals surface area (Å²) in [5.74, 6) is 0. The van der Waals surface area contributed by atoms with Gasteiger partial charge in [-0.1, -0.05) is 0 Å². The van der Waals surface area contributed by atoms with Crippen molar-refractivity contribution >= 4 is 6.16 Å². The number of carboxylic acid groups (broad SMARTS) is 2. The van der Waals surface area contributed by atoms with Gasteiger partial charge in [-0.3, -0.25) is 0 Å². The van der Waals surface area contributed by atoms with E-state index in [1.165, 1.54) is 0 Å². The quantitative estimate of drug-likeness (QED) is 0.529. The molecule has 0 aliphatic heterocycles. The molecule has 0 unspecified atom stereocenters. The maximum absolute atomic E-state index is 8.56. The van der Waals surface area contributed by atoms with E-state index >= 15 is 0 Å². The summed E-state index contributed by atoms with van der Waals surface area (Å²) < 4.78 is 0. The van der Waals surface area contributed by atoms with Crippen LogP contribution in [0, 0.1) is 0 Å². The van der Waals surface area contributed by atoms with Gasteiger partial charge in [-0.15, -0.1) is 0 Å². The Morgan fingerprint density at radius 3 is 1.33 bits per heavy atom. The summed E-state index contributed by atoms with van der Waals surface area (Å²) in [5, 5.41) is 13.9. The Hall–Kier alpha value is 0.283. The summed E-state index contributed by atoms with van der Waals surface area (Å²) in [6.07, 6.45) is -1.83. The van der Waals surface area contributed by atoms with Crippen molar-refractivity contribution in [1.29, 1.82) is 0 Å². The van der Waals surface area contributed by atoms with Crippen molar-refractivity contribution in [2.45, 2.75) is 0 Å². The van der Waals surface area contributed by atoms with E-state index in [-0.39, 0.29) is 33.6 Å². The van der Waals surface area contributed by atoms with Crippen molar-refractivity contribution < 1.29 is 48.6 Å². The fourth-order valence-electron chi connectivity index (χ4n) is 0. The topological polar surface area (TPSA) is 57.5 Å². The molecule has 3 nitrogen and oxygen atoms in total. The molecule has 0 saturated heterocycles. The smallest absolute Gasteiger partial charge is 0.450 e. The third-order valence-electron chi connectivity index (χ3n) is 0. The van der Waals surface area contributed by atoms with Gasteiger partial charge in [0.15, 0.2) is 0 Å². The van der Waals surface area contributed by atoms with Crippen LogP contribution in [0.2, 0.25) is 0 Å². The molecule has 0 aliphatic carbocycles. The van der Waals surface area contributed by atoms with Crippen LogP contribution in [0.5, 0.6) is 0 Å². The van der Waals surface area contributed by atoms with Gasteiger partial charge >= 0.3 is 6.16 Å². The van der Waals surface area contributed by atoms with E-state index < -0.39 is 6.16 Å². The largest absolute Gasteiger partial charge is 0.503 e. The predicted molar refractivity (Wildman–Crippen MR) is 10.7 cm³/mol. The Morgan fingerprint density at radius 2 is 1.33 bits per heavy atom. The normalized spacial score (nSPS) is 4.00. The van der Waals surface area contributed by atoms with Crippen LogP contribution >= 0.6 is 0 Å². The molecule has 0 aromatic heterocycles. The Balaban J connectivity index is -0.0000000450. The van der Waals surface area contributed by atoms with Gasteiger partial charge in [-0.05, 0) is 0 Å². The van der Waals surface area contributed by atoms with E-state index in [0.717, 1.165) is 0 Å². The number of rotatable bonds is 0. The maximum Gasteiger partial charge on any atom is 0.503 e. The van der Waals surface area contributed by atoms with E-state index in [1.807, 2.05) is 0 Å². The summed E-state index contributed by atoms with van der Waals surface area (Å²) in [6.45, 7) is 0. The van der Waals surface area contributed by atoms with Crippen LogP contribution in [0.3, 0.4) is 0 Å². The molecule has 0 spiro atoms. The van der Waals surface area contributed by atoms with E-state index in [4.69, 9.17) is 15.0 Å². The molecule has 0 aliphatic rings. The van der Waals surface area contributed by atoms with Crippen LogP contribution in [0.1, 0.15) is 0 Å². The van der Waals surface area contributed by atoms with Crippen LogP contribution < -0.4 is 0 Å². The second kappa shape index (κ2) is 8.99. The van der Waals surface area contributed by atoms with E-state index in [2.05, 4.69) is 0 Å². The minimum Gasteiger partial charge on any atom is -0.450 e. The standard InChI is InChI=1S/CH2O3.Cu.Ni/c2-1(3)4;;/h(H2,2,3,4);;. The summed E-state index contributed by atoms with van der Waals surface area (Å²) >= 11 is 0. The molecule has 0 heterocycles. The van der Waals surface area contributed by atoms with Crippen LogP contribution in [-0.2, 0) is 33.6 Å². The molecule has 0 aromatic carbocycles. The third kappa shape index (κ3) is 576. The molecular formula is CH2CuNiO3. The zero-order chi connectivity index (χ0) is 3.58. The first-order valence-corrected chi connectivity index (χ1v) is 0.651. The minimum atomic E-state index is -1.83. The maximum atomic E-state index is 8.56. The van der Waals surface area contributed by atoms with Crippen molar-refractivity contribution in [1.82, 2.24) is 0 Å². The average molecular weight is 184 g/mol. The molecule has 0 bridgehead atoms. The first-order chi connectivity index (χ1) is 1.73.